The third kappa shape index (κ3) is 4.66. The lowest BCUT2D eigenvalue weighted by Crippen LogP contribution is -2.46. The van der Waals surface area contributed by atoms with Crippen molar-refractivity contribution in [3.8, 4) is 22.4 Å². The molecule has 0 radical (unpaired) electrons. The van der Waals surface area contributed by atoms with Gasteiger partial charge in [-0.25, -0.2) is 10.1 Å². The second-order valence-electron chi connectivity index (χ2n) is 11.4. The van der Waals surface area contributed by atoms with Gasteiger partial charge < -0.3 is 10.6 Å². The summed E-state index contributed by atoms with van der Waals surface area (Å²) in [5.41, 5.74) is 11.6. The number of benzene rings is 1. The molecule has 5 aromatic rings. The molecular formula is C31H30N10O3. The highest BCUT2D eigenvalue weighted by Crippen LogP contribution is 2.45. The van der Waals surface area contributed by atoms with E-state index in [1.54, 1.807) is 12.4 Å². The fraction of sp³-hybridized carbons (Fsp3) is 0.290. The zero-order valence-electron chi connectivity index (χ0n) is 24.2. The van der Waals surface area contributed by atoms with E-state index < -0.39 is 0 Å². The van der Waals surface area contributed by atoms with Gasteiger partial charge in [-0.1, -0.05) is 36.4 Å². The molecule has 0 spiro atoms. The Labute approximate surface area is 251 Å². The molecule has 0 aliphatic carbocycles. The Bertz CT molecular complexity index is 1900. The van der Waals surface area contributed by atoms with Crippen LogP contribution in [0.5, 0.6) is 0 Å². The molecule has 4 N–H and O–H groups in total. The SMILES string of the molecule is CC(=O)Nc1nc(C(=O)N2[C@@H]3CC[C@H]2C[C@H](c2nc4c(-c5ccc(-c6ccccc6)nc5)cnn4c(N)c2C(C)=O)C3)n[nH]1. The van der Waals surface area contributed by atoms with Crippen molar-refractivity contribution in [3.05, 3.63) is 71.9 Å². The largest absolute Gasteiger partial charge is 0.383 e. The predicted molar refractivity (Wildman–Crippen MR) is 162 cm³/mol. The molecule has 2 saturated heterocycles. The van der Waals surface area contributed by atoms with Gasteiger partial charge in [0.25, 0.3) is 5.91 Å². The van der Waals surface area contributed by atoms with E-state index >= 15 is 0 Å². The van der Waals surface area contributed by atoms with Crippen molar-refractivity contribution in [2.24, 2.45) is 0 Å². The van der Waals surface area contributed by atoms with Crippen LogP contribution in [0.25, 0.3) is 28.0 Å². The fourth-order valence-electron chi connectivity index (χ4n) is 6.65. The van der Waals surface area contributed by atoms with Gasteiger partial charge in [0.2, 0.25) is 17.7 Å². The van der Waals surface area contributed by atoms with Crippen LogP contribution in [0.4, 0.5) is 11.8 Å². The Morgan fingerprint density at radius 2 is 1.70 bits per heavy atom. The van der Waals surface area contributed by atoms with E-state index in [0.717, 1.165) is 35.2 Å². The Morgan fingerprint density at radius 1 is 0.955 bits per heavy atom. The van der Waals surface area contributed by atoms with E-state index in [1.165, 1.54) is 18.4 Å². The summed E-state index contributed by atoms with van der Waals surface area (Å²) in [6, 6.07) is 13.7. The molecule has 0 saturated carbocycles. The summed E-state index contributed by atoms with van der Waals surface area (Å²) in [5, 5.41) is 13.6. The number of pyridine rings is 1. The average Bonchev–Trinajstić information content (AvgIpc) is 3.73. The van der Waals surface area contributed by atoms with Crippen LogP contribution in [0.2, 0.25) is 0 Å². The third-order valence-electron chi connectivity index (χ3n) is 8.53. The summed E-state index contributed by atoms with van der Waals surface area (Å²) in [7, 11) is 0. The molecule has 13 heteroatoms. The molecule has 0 unspecified atom stereocenters. The number of nitrogen functional groups attached to an aromatic ring is 1. The lowest BCUT2D eigenvalue weighted by molar-refractivity contribution is -0.114. The number of nitrogens with one attached hydrogen (secondary N) is 2. The number of carbonyl (C=O) groups excluding carboxylic acids is 3. The van der Waals surface area contributed by atoms with Gasteiger partial charge in [-0.05, 0) is 38.7 Å². The summed E-state index contributed by atoms with van der Waals surface area (Å²) in [5.74, 6) is -0.497. The predicted octanol–water partition coefficient (Wildman–Crippen LogP) is 3.87. The van der Waals surface area contributed by atoms with Gasteiger partial charge in [-0.2, -0.15) is 14.6 Å². The highest BCUT2D eigenvalue weighted by Gasteiger charge is 2.46. The zero-order valence-corrected chi connectivity index (χ0v) is 24.2. The van der Waals surface area contributed by atoms with E-state index in [4.69, 9.17) is 10.7 Å². The van der Waals surface area contributed by atoms with Crippen molar-refractivity contribution in [2.75, 3.05) is 11.1 Å². The second kappa shape index (κ2) is 10.7. The maximum atomic E-state index is 13.4. The minimum atomic E-state index is -0.312. The van der Waals surface area contributed by atoms with E-state index in [-0.39, 0.29) is 53.2 Å². The van der Waals surface area contributed by atoms with Crippen LogP contribution >= 0.6 is 0 Å². The minimum Gasteiger partial charge on any atom is -0.383 e. The van der Waals surface area contributed by atoms with Crippen LogP contribution in [-0.4, -0.2) is 69.3 Å². The first-order chi connectivity index (χ1) is 21.3. The minimum absolute atomic E-state index is 0.00751. The Hall–Kier alpha value is -5.46. The van der Waals surface area contributed by atoms with Gasteiger partial charge in [0.15, 0.2) is 11.4 Å². The van der Waals surface area contributed by atoms with Crippen LogP contribution in [0.1, 0.15) is 72.1 Å². The number of ketones is 1. The maximum absolute atomic E-state index is 13.4. The first-order valence-corrected chi connectivity index (χ1v) is 14.5. The normalized spacial score (nSPS) is 19.3. The van der Waals surface area contributed by atoms with Crippen molar-refractivity contribution >= 4 is 35.0 Å². The number of nitrogens with two attached hydrogens (primary N) is 1. The molecule has 2 amide bonds. The number of hydrogen-bond donors (Lipinski definition) is 3. The van der Waals surface area contributed by atoms with Gasteiger partial charge in [0, 0.05) is 47.8 Å². The Balaban J connectivity index is 1.21. The van der Waals surface area contributed by atoms with Gasteiger partial charge in [0.1, 0.15) is 5.82 Å². The molecule has 2 fully saturated rings. The van der Waals surface area contributed by atoms with Gasteiger partial charge >= 0.3 is 0 Å². The van der Waals surface area contributed by atoms with E-state index in [9.17, 15) is 14.4 Å². The molecule has 44 heavy (non-hydrogen) atoms. The number of anilines is 2. The molecule has 3 atom stereocenters. The quantitative estimate of drug-likeness (QED) is 0.248. The van der Waals surface area contributed by atoms with Gasteiger partial charge in [0.05, 0.1) is 23.1 Å². The van der Waals surface area contributed by atoms with Crippen molar-refractivity contribution in [1.29, 1.82) is 0 Å². The standard InChI is InChI=1S/C31H30N10O3/c1-16(42)25-26(20-12-21-9-10-22(13-20)40(21)30(44)28-37-31(39-38-28)35-17(2)43)36-29-23(15-34-41(29)27(25)32)19-8-11-24(33-14-19)18-6-4-3-5-7-18/h3-8,11,14-15,20-22H,9-10,12-13,32H2,1-2H3,(H2,35,37,38,39,43)/t20-,21-,22+. The number of hydrogen-bond acceptors (Lipinski definition) is 9. The Morgan fingerprint density at radius 3 is 2.36 bits per heavy atom. The molecule has 7 rings (SSSR count). The molecule has 2 aliphatic heterocycles. The summed E-state index contributed by atoms with van der Waals surface area (Å²) < 4.78 is 1.52. The molecule has 4 aromatic heterocycles. The summed E-state index contributed by atoms with van der Waals surface area (Å²) in [6.45, 7) is 2.84. The first kappa shape index (κ1) is 27.4. The topological polar surface area (TPSA) is 177 Å². The number of H-pyrrole nitrogens is 1. The average molecular weight is 591 g/mol. The lowest BCUT2D eigenvalue weighted by atomic mass is 9.85. The van der Waals surface area contributed by atoms with Crippen molar-refractivity contribution in [3.63, 3.8) is 0 Å². The fourth-order valence-corrected chi connectivity index (χ4v) is 6.65. The van der Waals surface area contributed by atoms with Gasteiger partial charge in [-0.15, -0.1) is 5.10 Å². The molecule has 222 valence electrons. The molecule has 2 aliphatic rings. The number of Topliss-reactive ketones (excluding diaryl/α,β-unsaturated/α-hetero) is 1. The van der Waals surface area contributed by atoms with Gasteiger partial charge in [-0.3, -0.25) is 24.7 Å². The number of carbonyl (C=O) groups is 3. The van der Waals surface area contributed by atoms with Crippen LogP contribution in [0.15, 0.2) is 54.9 Å². The van der Waals surface area contributed by atoms with Crippen LogP contribution in [0.3, 0.4) is 0 Å². The number of rotatable bonds is 6. The number of amides is 2. The van der Waals surface area contributed by atoms with E-state index in [2.05, 4.69) is 30.6 Å². The molecule has 13 nitrogen and oxygen atoms in total. The monoisotopic (exact) mass is 590 g/mol. The zero-order chi connectivity index (χ0) is 30.5. The first-order valence-electron chi connectivity index (χ1n) is 14.5. The third-order valence-corrected chi connectivity index (χ3v) is 8.53. The molecular weight excluding hydrogens is 560 g/mol. The van der Waals surface area contributed by atoms with Crippen molar-refractivity contribution in [2.45, 2.75) is 57.5 Å². The highest BCUT2D eigenvalue weighted by molar-refractivity contribution is 6.00. The molecule has 2 bridgehead atoms. The smallest absolute Gasteiger partial charge is 0.294 e. The van der Waals surface area contributed by atoms with E-state index in [1.807, 2.05) is 47.4 Å². The summed E-state index contributed by atoms with van der Waals surface area (Å²) in [4.78, 5) is 53.5. The summed E-state index contributed by atoms with van der Waals surface area (Å²) >= 11 is 0. The number of aromatic nitrogens is 7. The molecule has 1 aromatic carbocycles. The number of fused-ring (bicyclic) bond motifs is 3. The maximum Gasteiger partial charge on any atom is 0.294 e. The lowest BCUT2D eigenvalue weighted by Gasteiger charge is -2.38. The number of aromatic amines is 1. The molecule has 6 heterocycles. The highest BCUT2D eigenvalue weighted by atomic mass is 16.2. The van der Waals surface area contributed by atoms with Crippen molar-refractivity contribution in [1.82, 2.24) is 39.7 Å². The summed E-state index contributed by atoms with van der Waals surface area (Å²) in [6.07, 6.45) is 6.36. The van der Waals surface area contributed by atoms with Crippen LogP contribution in [-0.2, 0) is 4.79 Å². The van der Waals surface area contributed by atoms with Crippen molar-refractivity contribution < 1.29 is 14.4 Å². The van der Waals surface area contributed by atoms with Crippen LogP contribution in [0, 0.1) is 0 Å². The number of piperidine rings is 1. The number of nitrogens with zero attached hydrogens (tertiary/aromatic N) is 7. The Kier molecular flexibility index (Phi) is 6.64. The van der Waals surface area contributed by atoms with Crippen LogP contribution < -0.4 is 11.1 Å². The second-order valence-corrected chi connectivity index (χ2v) is 11.4. The van der Waals surface area contributed by atoms with E-state index in [0.29, 0.717) is 29.7 Å².